The summed E-state index contributed by atoms with van der Waals surface area (Å²) in [5.74, 6) is 0.690. The van der Waals surface area contributed by atoms with Crippen LogP contribution in [0.3, 0.4) is 0 Å². The standard InChI is InChI=1S/C22H22N4O2/c1-25-20(27)13-18(16-7-11-23-12-8-16)24-21(25)26-14-19(17-5-3-2-4-6-17)28-22(15-26)9-10-22/h2-8,11-13,19H,9-10,14-15H2,1H3. The van der Waals surface area contributed by atoms with Gasteiger partial charge in [-0.25, -0.2) is 4.98 Å². The molecule has 1 aliphatic heterocycles. The molecule has 5 rings (SSSR count). The van der Waals surface area contributed by atoms with Gasteiger partial charge in [-0.1, -0.05) is 30.3 Å². The third kappa shape index (κ3) is 3.10. The van der Waals surface area contributed by atoms with Crippen LogP contribution in [0.25, 0.3) is 11.3 Å². The van der Waals surface area contributed by atoms with E-state index in [0.717, 1.165) is 30.5 Å². The van der Waals surface area contributed by atoms with Crippen molar-refractivity contribution in [3.8, 4) is 11.3 Å². The largest absolute Gasteiger partial charge is 0.363 e. The van der Waals surface area contributed by atoms with Crippen molar-refractivity contribution in [2.75, 3.05) is 18.0 Å². The number of anilines is 1. The summed E-state index contributed by atoms with van der Waals surface area (Å²) in [6, 6.07) is 15.6. The van der Waals surface area contributed by atoms with E-state index >= 15 is 0 Å². The van der Waals surface area contributed by atoms with Gasteiger partial charge in [-0.2, -0.15) is 0 Å². The monoisotopic (exact) mass is 374 g/mol. The van der Waals surface area contributed by atoms with Crippen LogP contribution in [0.1, 0.15) is 24.5 Å². The summed E-state index contributed by atoms with van der Waals surface area (Å²) in [6.07, 6.45) is 5.50. The van der Waals surface area contributed by atoms with Crippen LogP contribution >= 0.6 is 0 Å². The molecule has 2 aromatic heterocycles. The first-order valence-corrected chi connectivity index (χ1v) is 9.60. The number of nitrogens with zero attached hydrogens (tertiary/aromatic N) is 4. The number of hydrogen-bond acceptors (Lipinski definition) is 5. The van der Waals surface area contributed by atoms with Gasteiger partial charge < -0.3 is 9.64 Å². The highest BCUT2D eigenvalue weighted by atomic mass is 16.5. The molecule has 1 aliphatic carbocycles. The lowest BCUT2D eigenvalue weighted by Crippen LogP contribution is -2.47. The van der Waals surface area contributed by atoms with Crippen LogP contribution in [0.2, 0.25) is 0 Å². The predicted octanol–water partition coefficient (Wildman–Crippen LogP) is 2.95. The minimum absolute atomic E-state index is 0.0288. The molecule has 6 nitrogen and oxygen atoms in total. The maximum absolute atomic E-state index is 12.7. The molecule has 0 amide bonds. The molecule has 1 saturated carbocycles. The molecule has 0 N–H and O–H groups in total. The average Bonchev–Trinajstić information content (AvgIpc) is 3.48. The lowest BCUT2D eigenvalue weighted by molar-refractivity contribution is -0.0459. The van der Waals surface area contributed by atoms with Crippen LogP contribution in [0.5, 0.6) is 0 Å². The third-order valence-corrected chi connectivity index (χ3v) is 5.61. The molecule has 0 radical (unpaired) electrons. The SMILES string of the molecule is Cn1c(N2CC(c3ccccc3)OC3(CC3)C2)nc(-c2ccncc2)cc1=O. The number of pyridine rings is 1. The third-order valence-electron chi connectivity index (χ3n) is 5.61. The molecule has 1 atom stereocenters. The van der Waals surface area contributed by atoms with Gasteiger partial charge in [0.1, 0.15) is 6.10 Å². The molecule has 1 saturated heterocycles. The number of rotatable bonds is 3. The van der Waals surface area contributed by atoms with E-state index in [4.69, 9.17) is 9.72 Å². The Balaban J connectivity index is 1.54. The first-order chi connectivity index (χ1) is 13.6. The van der Waals surface area contributed by atoms with Gasteiger partial charge in [0.15, 0.2) is 0 Å². The Morgan fingerprint density at radius 2 is 1.86 bits per heavy atom. The second-order valence-corrected chi connectivity index (χ2v) is 7.66. The van der Waals surface area contributed by atoms with Crippen molar-refractivity contribution in [2.45, 2.75) is 24.5 Å². The van der Waals surface area contributed by atoms with Crippen molar-refractivity contribution in [3.05, 3.63) is 76.8 Å². The summed E-state index contributed by atoms with van der Waals surface area (Å²) in [5, 5.41) is 0. The van der Waals surface area contributed by atoms with Gasteiger partial charge in [0.05, 0.1) is 17.8 Å². The molecule has 2 aliphatic rings. The van der Waals surface area contributed by atoms with Crippen molar-refractivity contribution >= 4 is 5.95 Å². The molecule has 142 valence electrons. The highest BCUT2D eigenvalue weighted by molar-refractivity contribution is 5.59. The van der Waals surface area contributed by atoms with Gasteiger partial charge in [0, 0.05) is 37.6 Å². The van der Waals surface area contributed by atoms with Crippen LogP contribution in [0.15, 0.2) is 65.7 Å². The highest BCUT2D eigenvalue weighted by Crippen LogP contribution is 2.47. The van der Waals surface area contributed by atoms with Crippen molar-refractivity contribution in [1.82, 2.24) is 14.5 Å². The van der Waals surface area contributed by atoms with Gasteiger partial charge in [0.25, 0.3) is 5.56 Å². The molecule has 3 heterocycles. The zero-order chi connectivity index (χ0) is 19.1. The van der Waals surface area contributed by atoms with Crippen molar-refractivity contribution in [3.63, 3.8) is 0 Å². The van der Waals surface area contributed by atoms with E-state index < -0.39 is 0 Å². The summed E-state index contributed by atoms with van der Waals surface area (Å²) in [7, 11) is 1.79. The summed E-state index contributed by atoms with van der Waals surface area (Å²) in [6.45, 7) is 1.43. The minimum atomic E-state index is -0.122. The zero-order valence-corrected chi connectivity index (χ0v) is 15.8. The van der Waals surface area contributed by atoms with Gasteiger partial charge in [-0.3, -0.25) is 14.3 Å². The number of hydrogen-bond donors (Lipinski definition) is 0. The fourth-order valence-corrected chi connectivity index (χ4v) is 3.88. The highest BCUT2D eigenvalue weighted by Gasteiger charge is 2.51. The quantitative estimate of drug-likeness (QED) is 0.705. The van der Waals surface area contributed by atoms with E-state index in [2.05, 4.69) is 22.0 Å². The van der Waals surface area contributed by atoms with Gasteiger partial charge >= 0.3 is 0 Å². The maximum Gasteiger partial charge on any atom is 0.255 e. The zero-order valence-electron chi connectivity index (χ0n) is 15.8. The van der Waals surface area contributed by atoms with Crippen molar-refractivity contribution in [2.24, 2.45) is 7.05 Å². The summed E-state index contributed by atoms with van der Waals surface area (Å²) >= 11 is 0. The van der Waals surface area contributed by atoms with Crippen LogP contribution in [-0.2, 0) is 11.8 Å². The van der Waals surface area contributed by atoms with Gasteiger partial charge in [-0.15, -0.1) is 0 Å². The number of ether oxygens (including phenoxy) is 1. The van der Waals surface area contributed by atoms with E-state index in [0.29, 0.717) is 18.2 Å². The van der Waals surface area contributed by atoms with E-state index in [9.17, 15) is 4.79 Å². The maximum atomic E-state index is 12.7. The molecular formula is C22H22N4O2. The number of morpholine rings is 1. The summed E-state index contributed by atoms with van der Waals surface area (Å²) in [5.41, 5.74) is 2.54. The molecule has 1 unspecified atom stereocenters. The Bertz CT molecular complexity index is 1050. The predicted molar refractivity (Wildman–Crippen MR) is 107 cm³/mol. The van der Waals surface area contributed by atoms with E-state index in [1.807, 2.05) is 30.3 Å². The smallest absolute Gasteiger partial charge is 0.255 e. The number of benzene rings is 1. The Kier molecular flexibility index (Phi) is 4.02. The Hall–Kier alpha value is -2.99. The molecule has 28 heavy (non-hydrogen) atoms. The normalized spacial score (nSPS) is 20.3. The van der Waals surface area contributed by atoms with Crippen molar-refractivity contribution in [1.29, 1.82) is 0 Å². The molecule has 3 aromatic rings. The fraction of sp³-hybridized carbons (Fsp3) is 0.318. The lowest BCUT2D eigenvalue weighted by atomic mass is 10.1. The topological polar surface area (TPSA) is 60.2 Å². The molecule has 0 bridgehead atoms. The fourth-order valence-electron chi connectivity index (χ4n) is 3.88. The van der Waals surface area contributed by atoms with Crippen LogP contribution in [-0.4, -0.2) is 33.2 Å². The Labute approximate surface area is 163 Å². The first-order valence-electron chi connectivity index (χ1n) is 9.60. The van der Waals surface area contributed by atoms with E-state index in [1.165, 1.54) is 0 Å². The van der Waals surface area contributed by atoms with Gasteiger partial charge in [0.2, 0.25) is 5.95 Å². The molecular weight excluding hydrogens is 352 g/mol. The lowest BCUT2D eigenvalue weighted by Gasteiger charge is -2.39. The van der Waals surface area contributed by atoms with E-state index in [1.54, 1.807) is 30.1 Å². The summed E-state index contributed by atoms with van der Waals surface area (Å²) < 4.78 is 8.08. The van der Waals surface area contributed by atoms with E-state index in [-0.39, 0.29) is 17.3 Å². The summed E-state index contributed by atoms with van der Waals surface area (Å²) in [4.78, 5) is 23.8. The molecule has 1 spiro atoms. The molecule has 2 fully saturated rings. The van der Waals surface area contributed by atoms with Crippen LogP contribution in [0, 0.1) is 0 Å². The minimum Gasteiger partial charge on any atom is -0.363 e. The second-order valence-electron chi connectivity index (χ2n) is 7.66. The second kappa shape index (κ2) is 6.56. The first kappa shape index (κ1) is 17.1. The molecule has 6 heteroatoms. The average molecular weight is 374 g/mol. The van der Waals surface area contributed by atoms with Crippen LogP contribution < -0.4 is 10.5 Å². The Morgan fingerprint density at radius 3 is 2.57 bits per heavy atom. The molecule has 1 aromatic carbocycles. The van der Waals surface area contributed by atoms with Crippen LogP contribution in [0.4, 0.5) is 5.95 Å². The van der Waals surface area contributed by atoms with Gasteiger partial charge in [-0.05, 0) is 30.5 Å². The number of aromatic nitrogens is 3. The van der Waals surface area contributed by atoms with Crippen molar-refractivity contribution < 1.29 is 4.74 Å². The Morgan fingerprint density at radius 1 is 1.11 bits per heavy atom.